The highest BCUT2D eigenvalue weighted by molar-refractivity contribution is 5.93. The van der Waals surface area contributed by atoms with Crippen molar-refractivity contribution in [3.63, 3.8) is 0 Å². The first-order valence-electron chi connectivity index (χ1n) is 10.6. The van der Waals surface area contributed by atoms with Crippen molar-refractivity contribution in [1.82, 2.24) is 14.9 Å². The minimum atomic E-state index is -1.31. The van der Waals surface area contributed by atoms with Crippen molar-refractivity contribution >= 4 is 33.5 Å². The minimum absolute atomic E-state index is 0.0118. The second kappa shape index (κ2) is 7.80. The Bertz CT molecular complexity index is 1410. The van der Waals surface area contributed by atoms with Crippen molar-refractivity contribution in [2.75, 3.05) is 24.5 Å². The number of nitrogens with zero attached hydrogens (tertiary/aromatic N) is 2. The maximum Gasteiger partial charge on any atom is 0.341 e. The third-order valence-electron chi connectivity index (χ3n) is 6.23. The van der Waals surface area contributed by atoms with Crippen molar-refractivity contribution in [2.45, 2.75) is 19.5 Å². The van der Waals surface area contributed by atoms with Gasteiger partial charge in [-0.05, 0) is 30.7 Å². The Kier molecular flexibility index (Phi) is 4.94. The van der Waals surface area contributed by atoms with Gasteiger partial charge in [0.1, 0.15) is 11.4 Å². The van der Waals surface area contributed by atoms with Crippen LogP contribution in [0.5, 0.6) is 0 Å². The Labute approximate surface area is 183 Å². The lowest BCUT2D eigenvalue weighted by Crippen LogP contribution is -2.46. The van der Waals surface area contributed by atoms with Gasteiger partial charge in [0, 0.05) is 54.9 Å². The van der Waals surface area contributed by atoms with Crippen LogP contribution in [0.4, 0.5) is 10.1 Å². The summed E-state index contributed by atoms with van der Waals surface area (Å²) in [6.45, 7) is 4.18. The summed E-state index contributed by atoms with van der Waals surface area (Å²) in [5.74, 6) is -1.84. The topological polar surface area (TPSA) is 90.4 Å². The summed E-state index contributed by atoms with van der Waals surface area (Å²) < 4.78 is 16.9. The summed E-state index contributed by atoms with van der Waals surface area (Å²) in [5, 5.41) is 14.1. The van der Waals surface area contributed by atoms with Crippen molar-refractivity contribution in [2.24, 2.45) is 0 Å². The van der Waals surface area contributed by atoms with Gasteiger partial charge in [-0.15, -0.1) is 0 Å². The maximum atomic E-state index is 15.2. The van der Waals surface area contributed by atoms with E-state index in [0.717, 1.165) is 16.5 Å². The number of fused-ring (bicyclic) bond motifs is 2. The van der Waals surface area contributed by atoms with E-state index in [2.05, 4.69) is 16.4 Å². The van der Waals surface area contributed by atoms with Gasteiger partial charge in [-0.1, -0.05) is 18.2 Å². The van der Waals surface area contributed by atoms with Crippen molar-refractivity contribution in [1.29, 1.82) is 0 Å². The summed E-state index contributed by atoms with van der Waals surface area (Å²) in [6.07, 6.45) is 3.33. The number of hydrogen-bond acceptors (Lipinski definition) is 4. The number of piperazine rings is 1. The molecule has 2 aromatic heterocycles. The second-order valence-electron chi connectivity index (χ2n) is 8.03. The highest BCUT2D eigenvalue weighted by Crippen LogP contribution is 2.31. The van der Waals surface area contributed by atoms with Gasteiger partial charge < -0.3 is 24.9 Å². The van der Waals surface area contributed by atoms with Gasteiger partial charge in [-0.3, -0.25) is 4.79 Å². The average Bonchev–Trinajstić information content (AvgIpc) is 3.23. The number of para-hydroxylation sites is 1. The van der Waals surface area contributed by atoms with E-state index >= 15 is 4.39 Å². The molecule has 0 amide bonds. The number of nitrogens with one attached hydrogen (secondary N) is 2. The molecule has 5 rings (SSSR count). The number of anilines is 1. The minimum Gasteiger partial charge on any atom is -0.477 e. The molecule has 1 aliphatic heterocycles. The molecular weight excluding hydrogens is 411 g/mol. The smallest absolute Gasteiger partial charge is 0.341 e. The first-order chi connectivity index (χ1) is 15.5. The number of aryl methyl sites for hydroxylation is 1. The zero-order valence-corrected chi connectivity index (χ0v) is 17.6. The Morgan fingerprint density at radius 2 is 2.06 bits per heavy atom. The molecule has 3 N–H and O–H groups in total. The molecule has 8 heteroatoms. The highest BCUT2D eigenvalue weighted by Gasteiger charge is 2.26. The third-order valence-corrected chi connectivity index (χ3v) is 6.23. The molecule has 0 bridgehead atoms. The van der Waals surface area contributed by atoms with Gasteiger partial charge in [0.15, 0.2) is 0 Å². The van der Waals surface area contributed by atoms with Crippen molar-refractivity contribution in [3.05, 3.63) is 76.0 Å². The van der Waals surface area contributed by atoms with E-state index in [1.807, 2.05) is 36.2 Å². The predicted molar refractivity (Wildman–Crippen MR) is 122 cm³/mol. The number of rotatable bonds is 4. The Morgan fingerprint density at radius 1 is 1.25 bits per heavy atom. The van der Waals surface area contributed by atoms with E-state index in [1.54, 1.807) is 10.6 Å². The number of benzene rings is 2. The van der Waals surface area contributed by atoms with Crippen LogP contribution in [0.15, 0.2) is 53.6 Å². The number of aromatic nitrogens is 2. The fourth-order valence-corrected chi connectivity index (χ4v) is 4.62. The molecule has 164 valence electrons. The van der Waals surface area contributed by atoms with Crippen LogP contribution in [0, 0.1) is 5.82 Å². The number of hydrogen-bond donors (Lipinski definition) is 3. The SMILES string of the molecule is CCn1cc(C(=O)O)c(=O)c2cc(F)c(N3CCNC(c4c[nH]c5ccccc45)C3)cc21. The van der Waals surface area contributed by atoms with E-state index < -0.39 is 17.2 Å². The highest BCUT2D eigenvalue weighted by atomic mass is 19.1. The third kappa shape index (κ3) is 3.23. The van der Waals surface area contributed by atoms with Crippen LogP contribution in [0.2, 0.25) is 0 Å². The van der Waals surface area contributed by atoms with Crippen LogP contribution in [-0.2, 0) is 6.54 Å². The number of carbonyl (C=O) groups is 1. The molecule has 0 saturated carbocycles. The van der Waals surface area contributed by atoms with E-state index in [1.165, 1.54) is 12.3 Å². The standard InChI is InChI=1S/C24H23FN4O3/c1-2-28-12-17(24(31)32)23(30)15-9-18(25)22(10-21(15)28)29-8-7-26-20(13-29)16-11-27-19-6-4-3-5-14(16)19/h3-6,9-12,20,26-27H,2,7-8,13H2,1H3,(H,31,32). The molecule has 0 radical (unpaired) electrons. The second-order valence-corrected chi connectivity index (χ2v) is 8.03. The lowest BCUT2D eigenvalue weighted by Gasteiger charge is -2.35. The molecule has 1 unspecified atom stereocenters. The number of H-pyrrole nitrogens is 1. The molecule has 1 atom stereocenters. The van der Waals surface area contributed by atoms with Crippen molar-refractivity contribution in [3.8, 4) is 0 Å². The zero-order chi connectivity index (χ0) is 22.4. The molecule has 1 aliphatic rings. The molecule has 2 aromatic carbocycles. The molecule has 7 nitrogen and oxygen atoms in total. The Hall–Kier alpha value is -3.65. The molecule has 1 saturated heterocycles. The first-order valence-corrected chi connectivity index (χ1v) is 10.6. The van der Waals surface area contributed by atoms with Crippen LogP contribution in [0.25, 0.3) is 21.8 Å². The van der Waals surface area contributed by atoms with Gasteiger partial charge in [0.2, 0.25) is 5.43 Å². The first kappa shape index (κ1) is 20.3. The van der Waals surface area contributed by atoms with Gasteiger partial charge in [0.25, 0.3) is 0 Å². The number of carboxylic acid groups (broad SMARTS) is 1. The fraction of sp³-hybridized carbons (Fsp3) is 0.250. The van der Waals surface area contributed by atoms with Gasteiger partial charge in [-0.2, -0.15) is 0 Å². The Balaban J connectivity index is 1.56. The number of carboxylic acids is 1. The predicted octanol–water partition coefficient (Wildman–Crippen LogP) is 3.49. The molecule has 32 heavy (non-hydrogen) atoms. The van der Waals surface area contributed by atoms with Crippen LogP contribution in [-0.4, -0.2) is 40.3 Å². The molecule has 0 spiro atoms. The van der Waals surface area contributed by atoms with Crippen LogP contribution in [0.1, 0.15) is 28.9 Å². The lowest BCUT2D eigenvalue weighted by atomic mass is 10.0. The normalized spacial score (nSPS) is 16.7. The molecule has 4 aromatic rings. The Morgan fingerprint density at radius 3 is 2.84 bits per heavy atom. The van der Waals surface area contributed by atoms with Crippen LogP contribution in [0.3, 0.4) is 0 Å². The molecule has 0 aliphatic carbocycles. The largest absolute Gasteiger partial charge is 0.477 e. The summed E-state index contributed by atoms with van der Waals surface area (Å²) in [6, 6.07) is 10.9. The fourth-order valence-electron chi connectivity index (χ4n) is 4.62. The van der Waals surface area contributed by atoms with Crippen molar-refractivity contribution < 1.29 is 14.3 Å². The van der Waals surface area contributed by atoms with Crippen LogP contribution < -0.4 is 15.6 Å². The lowest BCUT2D eigenvalue weighted by molar-refractivity contribution is 0.0695. The van der Waals surface area contributed by atoms with Gasteiger partial charge in [-0.25, -0.2) is 9.18 Å². The summed E-state index contributed by atoms with van der Waals surface area (Å²) in [7, 11) is 0. The van der Waals surface area contributed by atoms with E-state index in [0.29, 0.717) is 37.4 Å². The van der Waals surface area contributed by atoms with E-state index in [-0.39, 0.29) is 17.0 Å². The van der Waals surface area contributed by atoms with E-state index in [4.69, 9.17) is 0 Å². The van der Waals surface area contributed by atoms with Gasteiger partial charge in [0.05, 0.1) is 17.2 Å². The molecule has 1 fully saturated rings. The molecular formula is C24H23FN4O3. The number of halogens is 1. The molecule has 3 heterocycles. The zero-order valence-electron chi connectivity index (χ0n) is 17.6. The number of aromatic amines is 1. The quantitative estimate of drug-likeness (QED) is 0.458. The summed E-state index contributed by atoms with van der Waals surface area (Å²) >= 11 is 0. The summed E-state index contributed by atoms with van der Waals surface area (Å²) in [5.41, 5.74) is 2.10. The number of aromatic carboxylic acids is 1. The maximum absolute atomic E-state index is 15.2. The van der Waals surface area contributed by atoms with Crippen LogP contribution >= 0.6 is 0 Å². The monoisotopic (exact) mass is 434 g/mol. The van der Waals surface area contributed by atoms with Gasteiger partial charge >= 0.3 is 5.97 Å². The van der Waals surface area contributed by atoms with E-state index in [9.17, 15) is 14.7 Å². The number of pyridine rings is 1. The average molecular weight is 434 g/mol. The summed E-state index contributed by atoms with van der Waals surface area (Å²) in [4.78, 5) is 29.3.